The Hall–Kier alpha value is -1.52. The Bertz CT molecular complexity index is 536. The quantitative estimate of drug-likeness (QED) is 0.783. The SMILES string of the molecule is CC(C)CC(NC(=O)/C=C/c1cc(Cl)cc(Cl)c1)C(=O)O. The monoisotopic (exact) mass is 329 g/mol. The Morgan fingerprint density at radius 3 is 2.29 bits per heavy atom. The molecule has 1 atom stereocenters. The molecule has 0 saturated carbocycles. The molecule has 21 heavy (non-hydrogen) atoms. The molecular weight excluding hydrogens is 313 g/mol. The molecule has 6 heteroatoms. The van der Waals surface area contributed by atoms with Gasteiger partial charge in [-0.05, 0) is 42.2 Å². The molecule has 0 aromatic heterocycles. The van der Waals surface area contributed by atoms with Crippen LogP contribution in [-0.4, -0.2) is 23.0 Å². The van der Waals surface area contributed by atoms with Crippen molar-refractivity contribution in [1.82, 2.24) is 5.32 Å². The zero-order chi connectivity index (χ0) is 16.0. The summed E-state index contributed by atoms with van der Waals surface area (Å²) in [6.07, 6.45) is 3.16. The van der Waals surface area contributed by atoms with Gasteiger partial charge >= 0.3 is 5.97 Å². The summed E-state index contributed by atoms with van der Waals surface area (Å²) in [5.41, 5.74) is 0.665. The molecule has 0 spiro atoms. The first kappa shape index (κ1) is 17.5. The smallest absolute Gasteiger partial charge is 0.326 e. The van der Waals surface area contributed by atoms with E-state index in [1.165, 1.54) is 12.2 Å². The van der Waals surface area contributed by atoms with Gasteiger partial charge in [0.05, 0.1) is 0 Å². The fourth-order valence-electron chi connectivity index (χ4n) is 1.76. The largest absolute Gasteiger partial charge is 0.480 e. The molecule has 0 aliphatic carbocycles. The summed E-state index contributed by atoms with van der Waals surface area (Å²) in [4.78, 5) is 22.8. The zero-order valence-electron chi connectivity index (χ0n) is 11.8. The Morgan fingerprint density at radius 1 is 1.24 bits per heavy atom. The van der Waals surface area contributed by atoms with Gasteiger partial charge in [0.15, 0.2) is 0 Å². The molecular formula is C15H17Cl2NO3. The first-order valence-corrected chi connectivity index (χ1v) is 7.21. The lowest BCUT2D eigenvalue weighted by atomic mass is 10.0. The number of carboxylic acid groups (broad SMARTS) is 1. The molecule has 2 N–H and O–H groups in total. The van der Waals surface area contributed by atoms with Gasteiger partial charge in [0.25, 0.3) is 0 Å². The second-order valence-electron chi connectivity index (χ2n) is 5.07. The summed E-state index contributed by atoms with van der Waals surface area (Å²) in [6.45, 7) is 3.79. The van der Waals surface area contributed by atoms with Crippen LogP contribution in [0.4, 0.5) is 0 Å². The number of halogens is 2. The van der Waals surface area contributed by atoms with Gasteiger partial charge in [-0.1, -0.05) is 37.0 Å². The minimum Gasteiger partial charge on any atom is -0.480 e. The average Bonchev–Trinajstić information content (AvgIpc) is 2.33. The third-order valence-electron chi connectivity index (χ3n) is 2.63. The fraction of sp³-hybridized carbons (Fsp3) is 0.333. The first-order valence-electron chi connectivity index (χ1n) is 6.45. The number of nitrogens with one attached hydrogen (secondary N) is 1. The van der Waals surface area contributed by atoms with E-state index in [2.05, 4.69) is 5.32 Å². The van der Waals surface area contributed by atoms with Crippen LogP contribution in [-0.2, 0) is 9.59 Å². The van der Waals surface area contributed by atoms with Crippen molar-refractivity contribution in [3.8, 4) is 0 Å². The van der Waals surface area contributed by atoms with Crippen molar-refractivity contribution in [2.75, 3.05) is 0 Å². The minimum atomic E-state index is -1.05. The van der Waals surface area contributed by atoms with E-state index in [0.29, 0.717) is 22.0 Å². The van der Waals surface area contributed by atoms with Crippen LogP contribution >= 0.6 is 23.2 Å². The standard InChI is InChI=1S/C15H17Cl2NO3/c1-9(2)5-13(15(20)21)18-14(19)4-3-10-6-11(16)8-12(17)7-10/h3-4,6-9,13H,5H2,1-2H3,(H,18,19)(H,20,21)/b4-3+. The van der Waals surface area contributed by atoms with Crippen molar-refractivity contribution >= 4 is 41.2 Å². The second kappa shape index (κ2) is 8.05. The van der Waals surface area contributed by atoms with Crippen LogP contribution in [0.5, 0.6) is 0 Å². The highest BCUT2D eigenvalue weighted by atomic mass is 35.5. The van der Waals surface area contributed by atoms with Crippen LogP contribution in [0.1, 0.15) is 25.8 Å². The first-order chi connectivity index (χ1) is 9.77. The molecule has 1 amide bonds. The number of benzene rings is 1. The third kappa shape index (κ3) is 6.65. The lowest BCUT2D eigenvalue weighted by molar-refractivity contribution is -0.141. The van der Waals surface area contributed by atoms with E-state index in [4.69, 9.17) is 28.3 Å². The van der Waals surface area contributed by atoms with Crippen molar-refractivity contribution in [2.24, 2.45) is 5.92 Å². The van der Waals surface area contributed by atoms with E-state index in [9.17, 15) is 9.59 Å². The maximum atomic E-state index is 11.8. The van der Waals surface area contributed by atoms with Crippen molar-refractivity contribution in [2.45, 2.75) is 26.3 Å². The Morgan fingerprint density at radius 2 is 1.81 bits per heavy atom. The molecule has 0 saturated heterocycles. The number of carbonyl (C=O) groups excluding carboxylic acids is 1. The number of carboxylic acids is 1. The van der Waals surface area contributed by atoms with Gasteiger partial charge in [-0.15, -0.1) is 0 Å². The summed E-state index contributed by atoms with van der Waals surface area (Å²) >= 11 is 11.7. The molecule has 1 aromatic carbocycles. The van der Waals surface area contributed by atoms with Gasteiger partial charge in [-0.3, -0.25) is 4.79 Å². The lowest BCUT2D eigenvalue weighted by Crippen LogP contribution is -2.40. The van der Waals surface area contributed by atoms with Crippen LogP contribution < -0.4 is 5.32 Å². The van der Waals surface area contributed by atoms with E-state index in [1.807, 2.05) is 13.8 Å². The van der Waals surface area contributed by atoms with E-state index >= 15 is 0 Å². The van der Waals surface area contributed by atoms with E-state index in [1.54, 1.807) is 18.2 Å². The molecule has 1 aromatic rings. The summed E-state index contributed by atoms with van der Waals surface area (Å²) in [5, 5.41) is 12.4. The third-order valence-corrected chi connectivity index (χ3v) is 3.07. The summed E-state index contributed by atoms with van der Waals surface area (Å²) < 4.78 is 0. The Balaban J connectivity index is 2.71. The average molecular weight is 330 g/mol. The van der Waals surface area contributed by atoms with Crippen LogP contribution in [0.25, 0.3) is 6.08 Å². The highest BCUT2D eigenvalue weighted by molar-refractivity contribution is 6.34. The number of aliphatic carboxylic acids is 1. The number of amides is 1. The molecule has 114 valence electrons. The van der Waals surface area contributed by atoms with Gasteiger partial charge in [-0.25, -0.2) is 4.79 Å². The maximum absolute atomic E-state index is 11.8. The highest BCUT2D eigenvalue weighted by Crippen LogP contribution is 2.19. The van der Waals surface area contributed by atoms with E-state index in [0.717, 1.165) is 0 Å². The van der Waals surface area contributed by atoms with Crippen LogP contribution in [0.2, 0.25) is 10.0 Å². The van der Waals surface area contributed by atoms with Gasteiger partial charge in [0, 0.05) is 16.1 Å². The number of carbonyl (C=O) groups is 2. The lowest BCUT2D eigenvalue weighted by Gasteiger charge is -2.15. The van der Waals surface area contributed by atoms with Crippen molar-refractivity contribution < 1.29 is 14.7 Å². The molecule has 0 radical (unpaired) electrons. The minimum absolute atomic E-state index is 0.169. The van der Waals surface area contributed by atoms with Gasteiger partial charge in [0.2, 0.25) is 5.91 Å². The predicted octanol–water partition coefficient (Wildman–Crippen LogP) is 3.62. The van der Waals surface area contributed by atoms with E-state index < -0.39 is 17.9 Å². The number of rotatable bonds is 6. The molecule has 4 nitrogen and oxygen atoms in total. The fourth-order valence-corrected chi connectivity index (χ4v) is 2.30. The Labute approximate surface area is 133 Å². The van der Waals surface area contributed by atoms with Crippen LogP contribution in [0.15, 0.2) is 24.3 Å². The molecule has 0 aliphatic rings. The molecule has 1 unspecified atom stereocenters. The second-order valence-corrected chi connectivity index (χ2v) is 5.94. The molecule has 0 fully saturated rings. The van der Waals surface area contributed by atoms with Gasteiger partial charge in [-0.2, -0.15) is 0 Å². The molecule has 0 heterocycles. The van der Waals surface area contributed by atoms with E-state index in [-0.39, 0.29) is 5.92 Å². The molecule has 0 bridgehead atoms. The summed E-state index contributed by atoms with van der Waals surface area (Å²) in [7, 11) is 0. The zero-order valence-corrected chi connectivity index (χ0v) is 13.3. The van der Waals surface area contributed by atoms with Crippen molar-refractivity contribution in [3.05, 3.63) is 39.9 Å². The molecule has 1 rings (SSSR count). The van der Waals surface area contributed by atoms with Gasteiger partial charge in [0.1, 0.15) is 6.04 Å². The summed E-state index contributed by atoms with van der Waals surface area (Å²) in [5.74, 6) is -1.35. The number of hydrogen-bond acceptors (Lipinski definition) is 2. The highest BCUT2D eigenvalue weighted by Gasteiger charge is 2.19. The number of hydrogen-bond donors (Lipinski definition) is 2. The predicted molar refractivity (Wildman–Crippen MR) is 84.5 cm³/mol. The molecule has 0 aliphatic heterocycles. The Kier molecular flexibility index (Phi) is 6.72. The maximum Gasteiger partial charge on any atom is 0.326 e. The van der Waals surface area contributed by atoms with Crippen molar-refractivity contribution in [3.63, 3.8) is 0 Å². The van der Waals surface area contributed by atoms with Crippen LogP contribution in [0.3, 0.4) is 0 Å². The van der Waals surface area contributed by atoms with Gasteiger partial charge < -0.3 is 10.4 Å². The topological polar surface area (TPSA) is 66.4 Å². The normalized spacial score (nSPS) is 12.6. The van der Waals surface area contributed by atoms with Crippen LogP contribution in [0, 0.1) is 5.92 Å². The van der Waals surface area contributed by atoms with Crippen molar-refractivity contribution in [1.29, 1.82) is 0 Å². The summed E-state index contributed by atoms with van der Waals surface area (Å²) in [6, 6.07) is 3.99.